The van der Waals surface area contributed by atoms with Crippen molar-refractivity contribution >= 4 is 0 Å². The summed E-state index contributed by atoms with van der Waals surface area (Å²) in [7, 11) is 0. The van der Waals surface area contributed by atoms with Gasteiger partial charge in [-0.2, -0.15) is 18.3 Å². The van der Waals surface area contributed by atoms with Crippen LogP contribution in [0.5, 0.6) is 23.0 Å². The van der Waals surface area contributed by atoms with Crippen LogP contribution in [-0.2, 0) is 0 Å². The summed E-state index contributed by atoms with van der Waals surface area (Å²) in [5.74, 6) is 2.04. The number of benzene rings is 6. The van der Waals surface area contributed by atoms with Crippen LogP contribution in [0.2, 0.25) is 0 Å². The molecule has 0 aliphatic carbocycles. The molecule has 0 spiro atoms. The second-order valence-electron chi connectivity index (χ2n) is 15.2. The third-order valence-corrected chi connectivity index (χ3v) is 11.2. The van der Waals surface area contributed by atoms with Gasteiger partial charge in [0.2, 0.25) is 22.7 Å². The molecule has 0 amide bonds. The van der Waals surface area contributed by atoms with Crippen LogP contribution in [0.25, 0.3) is 67.3 Å². The molecular formula is C56H42N4O3+4. The average Bonchev–Trinajstić information content (AvgIpc) is 3.36. The maximum absolute atomic E-state index is 10.5. The summed E-state index contributed by atoms with van der Waals surface area (Å²) in [6.45, 7) is 0. The standard InChI is InChI=1S/C56H40N4O3/c61-55-21-15-49(39-53(55)45-7-3-1-4-8-45)59-35-27-43(28-36-59)41-23-31-57(32-24-41)47-11-17-51(18-12-47)63-52-19-13-48(14-20-52)58-33-25-42(26-34-58)44-29-37-60(38-30-44)50-16-22-56(62)54(40-50)46-9-5-2-6-10-46/h1-40H/q+2/p+2. The first-order valence-corrected chi connectivity index (χ1v) is 20.7. The SMILES string of the molecule is Oc1ccc(-[n+]2ccc(-c3cc[n+](-c4ccc(Oc5ccc(-[n+]6ccc(-c7cc[n+](-c8ccc(O)c(-c9ccccc9)c8)cc7)cc6)cc5)cc4)cc3)cc2)cc1-c1ccccc1. The smallest absolute Gasteiger partial charge is 0.211 e. The summed E-state index contributed by atoms with van der Waals surface area (Å²) < 4.78 is 14.5. The molecule has 0 saturated carbocycles. The second kappa shape index (κ2) is 17.1. The van der Waals surface area contributed by atoms with Gasteiger partial charge in [0.05, 0.1) is 0 Å². The van der Waals surface area contributed by atoms with Crippen LogP contribution in [0, 0.1) is 0 Å². The number of hydrogen-bond donors (Lipinski definition) is 2. The molecule has 6 aromatic carbocycles. The molecule has 7 nitrogen and oxygen atoms in total. The lowest BCUT2D eigenvalue weighted by Gasteiger charge is -2.07. The zero-order valence-electron chi connectivity index (χ0n) is 34.2. The van der Waals surface area contributed by atoms with Crippen molar-refractivity contribution in [3.8, 4) is 90.3 Å². The number of pyridine rings is 4. The normalized spacial score (nSPS) is 11.0. The summed E-state index contributed by atoms with van der Waals surface area (Å²) in [6.07, 6.45) is 16.4. The number of rotatable bonds is 10. The predicted octanol–water partition coefficient (Wildman–Crippen LogP) is 10.7. The lowest BCUT2D eigenvalue weighted by atomic mass is 10.0. The molecule has 0 saturated heterocycles. The van der Waals surface area contributed by atoms with Gasteiger partial charge in [-0.25, -0.2) is 0 Å². The minimum atomic E-state index is 0.261. The number of ether oxygens (including phenoxy) is 1. The fourth-order valence-corrected chi connectivity index (χ4v) is 7.74. The Labute approximate surface area is 365 Å². The Morgan fingerprint density at radius 3 is 0.873 bits per heavy atom. The van der Waals surface area contributed by atoms with E-state index in [2.05, 4.69) is 116 Å². The third kappa shape index (κ3) is 8.40. The minimum Gasteiger partial charge on any atom is -0.507 e. The number of aromatic nitrogens is 4. The highest BCUT2D eigenvalue weighted by atomic mass is 16.5. The van der Waals surface area contributed by atoms with Crippen molar-refractivity contribution in [2.45, 2.75) is 0 Å². The Morgan fingerprint density at radius 2 is 0.556 bits per heavy atom. The van der Waals surface area contributed by atoms with Crippen LogP contribution in [0.1, 0.15) is 0 Å². The molecule has 0 aliphatic rings. The molecule has 0 atom stereocenters. The lowest BCUT2D eigenvalue weighted by Crippen LogP contribution is -2.29. The van der Waals surface area contributed by atoms with Crippen molar-refractivity contribution in [3.05, 3.63) is 244 Å². The highest BCUT2D eigenvalue weighted by Gasteiger charge is 2.16. The first-order valence-electron chi connectivity index (χ1n) is 20.7. The molecule has 300 valence electrons. The number of phenolic OH excluding ortho intramolecular Hbond substituents is 2. The van der Waals surface area contributed by atoms with Crippen LogP contribution in [0.3, 0.4) is 0 Å². The molecule has 4 heterocycles. The third-order valence-electron chi connectivity index (χ3n) is 11.2. The molecule has 0 bridgehead atoms. The van der Waals surface area contributed by atoms with Gasteiger partial charge >= 0.3 is 0 Å². The largest absolute Gasteiger partial charge is 0.507 e. The van der Waals surface area contributed by atoms with Crippen molar-refractivity contribution in [1.29, 1.82) is 0 Å². The number of nitrogens with zero attached hydrogens (tertiary/aromatic N) is 4. The Bertz CT molecular complexity index is 2920. The van der Waals surface area contributed by atoms with Gasteiger partial charge in [0.15, 0.2) is 49.6 Å². The van der Waals surface area contributed by atoms with Crippen LogP contribution >= 0.6 is 0 Å². The maximum Gasteiger partial charge on any atom is 0.211 e. The van der Waals surface area contributed by atoms with Crippen LogP contribution in [-0.4, -0.2) is 10.2 Å². The Balaban J connectivity index is 0.752. The second-order valence-corrected chi connectivity index (χ2v) is 15.2. The number of aromatic hydroxyl groups is 2. The number of hydrogen-bond acceptors (Lipinski definition) is 3. The Hall–Kier alpha value is -8.68. The van der Waals surface area contributed by atoms with E-state index < -0.39 is 0 Å². The van der Waals surface area contributed by atoms with Crippen molar-refractivity contribution in [3.63, 3.8) is 0 Å². The van der Waals surface area contributed by atoms with Crippen LogP contribution in [0.15, 0.2) is 244 Å². The zero-order chi connectivity index (χ0) is 42.5. The van der Waals surface area contributed by atoms with Crippen molar-refractivity contribution in [2.24, 2.45) is 0 Å². The molecule has 10 rings (SSSR count). The molecular weight excluding hydrogens is 777 g/mol. The molecule has 2 N–H and O–H groups in total. The van der Waals surface area contributed by atoms with E-state index in [1.54, 1.807) is 12.1 Å². The quantitative estimate of drug-likeness (QED) is 0.135. The van der Waals surface area contributed by atoms with Gasteiger partial charge in [-0.3, -0.25) is 0 Å². The van der Waals surface area contributed by atoms with E-state index in [4.69, 9.17) is 4.74 Å². The Kier molecular flexibility index (Phi) is 10.5. The summed E-state index contributed by atoms with van der Waals surface area (Å²) in [6, 6.07) is 64.2. The first kappa shape index (κ1) is 38.5. The van der Waals surface area contributed by atoms with Gasteiger partial charge in [-0.15, -0.1) is 0 Å². The molecule has 10 aromatic rings. The van der Waals surface area contributed by atoms with Gasteiger partial charge in [0.1, 0.15) is 23.0 Å². The molecule has 7 heteroatoms. The summed E-state index contributed by atoms with van der Waals surface area (Å²) in [5, 5.41) is 21.0. The fourth-order valence-electron chi connectivity index (χ4n) is 7.74. The van der Waals surface area contributed by atoms with Gasteiger partial charge in [0.25, 0.3) is 0 Å². The molecule has 4 aromatic heterocycles. The fraction of sp³-hybridized carbons (Fsp3) is 0. The Morgan fingerprint density at radius 1 is 0.270 bits per heavy atom. The predicted molar refractivity (Wildman–Crippen MR) is 244 cm³/mol. The molecule has 0 radical (unpaired) electrons. The van der Waals surface area contributed by atoms with E-state index in [0.29, 0.717) is 0 Å². The van der Waals surface area contributed by atoms with Crippen molar-refractivity contribution in [1.82, 2.24) is 0 Å². The summed E-state index contributed by atoms with van der Waals surface area (Å²) in [5.41, 5.74) is 12.0. The minimum absolute atomic E-state index is 0.261. The summed E-state index contributed by atoms with van der Waals surface area (Å²) in [4.78, 5) is 0. The molecule has 63 heavy (non-hydrogen) atoms. The monoisotopic (exact) mass is 818 g/mol. The van der Waals surface area contributed by atoms with Gasteiger partial charge in [0, 0.05) is 108 Å². The van der Waals surface area contributed by atoms with E-state index in [0.717, 1.165) is 78.8 Å². The number of phenols is 2. The maximum atomic E-state index is 10.5. The average molecular weight is 819 g/mol. The topological polar surface area (TPSA) is 65.2 Å². The van der Waals surface area contributed by atoms with E-state index in [-0.39, 0.29) is 11.5 Å². The lowest BCUT2D eigenvalue weighted by molar-refractivity contribution is -0.596. The van der Waals surface area contributed by atoms with Crippen molar-refractivity contribution < 1.29 is 33.2 Å². The summed E-state index contributed by atoms with van der Waals surface area (Å²) >= 11 is 0. The molecule has 0 aliphatic heterocycles. The zero-order valence-corrected chi connectivity index (χ0v) is 34.2. The van der Waals surface area contributed by atoms with E-state index in [1.807, 2.05) is 134 Å². The van der Waals surface area contributed by atoms with Crippen molar-refractivity contribution in [2.75, 3.05) is 0 Å². The van der Waals surface area contributed by atoms with Gasteiger partial charge in [-0.1, -0.05) is 60.7 Å². The van der Waals surface area contributed by atoms with E-state index >= 15 is 0 Å². The highest BCUT2D eigenvalue weighted by Crippen LogP contribution is 2.32. The molecule has 0 unspecified atom stereocenters. The van der Waals surface area contributed by atoms with Gasteiger partial charge < -0.3 is 14.9 Å². The highest BCUT2D eigenvalue weighted by molar-refractivity contribution is 5.73. The van der Waals surface area contributed by atoms with Crippen LogP contribution < -0.4 is 23.0 Å². The van der Waals surface area contributed by atoms with E-state index in [9.17, 15) is 10.2 Å². The van der Waals surface area contributed by atoms with E-state index in [1.165, 1.54) is 0 Å². The van der Waals surface area contributed by atoms with Crippen LogP contribution in [0.4, 0.5) is 0 Å². The first-order chi connectivity index (χ1) is 31.0. The molecule has 0 fully saturated rings. The van der Waals surface area contributed by atoms with Gasteiger partial charge in [-0.05, 0) is 69.8 Å².